The van der Waals surface area contributed by atoms with Gasteiger partial charge < -0.3 is 15.0 Å². The van der Waals surface area contributed by atoms with Crippen LogP contribution >= 0.6 is 11.8 Å². The van der Waals surface area contributed by atoms with E-state index in [4.69, 9.17) is 4.74 Å². The molecule has 9 heteroatoms. The summed E-state index contributed by atoms with van der Waals surface area (Å²) < 4.78 is 32.8. The number of carbonyl (C=O) groups is 2. The average Bonchev–Trinajstić information content (AvgIpc) is 3.41. The molecule has 186 valence electrons. The maximum absolute atomic E-state index is 14.1. The summed E-state index contributed by atoms with van der Waals surface area (Å²) in [5, 5.41) is 2.96. The third-order valence-electron chi connectivity index (χ3n) is 6.50. The number of thioether (sulfide) groups is 1. The van der Waals surface area contributed by atoms with Crippen molar-refractivity contribution in [2.75, 3.05) is 24.3 Å². The molecule has 0 aromatic heterocycles. The molecule has 3 aromatic rings. The number of rotatable bonds is 5. The number of fused-ring (bicyclic) bond motifs is 2. The van der Waals surface area contributed by atoms with Crippen LogP contribution < -0.4 is 15.0 Å². The van der Waals surface area contributed by atoms with Gasteiger partial charge in [-0.1, -0.05) is 35.9 Å². The Bertz CT molecular complexity index is 1350. The van der Waals surface area contributed by atoms with Crippen LogP contribution in [0.25, 0.3) is 0 Å². The normalized spacial score (nSPS) is 18.6. The van der Waals surface area contributed by atoms with Crippen molar-refractivity contribution in [1.29, 1.82) is 0 Å². The maximum atomic E-state index is 14.1. The zero-order valence-electron chi connectivity index (χ0n) is 19.9. The van der Waals surface area contributed by atoms with Gasteiger partial charge in [0.2, 0.25) is 0 Å². The van der Waals surface area contributed by atoms with Crippen molar-refractivity contribution in [2.24, 2.45) is 0 Å². The van der Waals surface area contributed by atoms with Gasteiger partial charge in [0.1, 0.15) is 5.75 Å². The zero-order valence-corrected chi connectivity index (χ0v) is 20.7. The first kappa shape index (κ1) is 24.1. The average molecular weight is 510 g/mol. The number of halogens is 2. The molecule has 36 heavy (non-hydrogen) atoms. The van der Waals surface area contributed by atoms with Crippen LogP contribution in [0.2, 0.25) is 0 Å². The summed E-state index contributed by atoms with van der Waals surface area (Å²) in [6.07, 6.45) is 0. The summed E-state index contributed by atoms with van der Waals surface area (Å²) in [4.78, 5) is 29.3. The number of nitrogens with one attached hydrogen (secondary N) is 1. The Morgan fingerprint density at radius 3 is 2.67 bits per heavy atom. The molecule has 1 atom stereocenters. The van der Waals surface area contributed by atoms with Gasteiger partial charge in [-0.05, 0) is 48.4 Å². The van der Waals surface area contributed by atoms with E-state index in [-0.39, 0.29) is 18.5 Å². The first-order valence-electron chi connectivity index (χ1n) is 11.5. The van der Waals surface area contributed by atoms with Gasteiger partial charge >= 0.3 is 6.03 Å². The molecule has 0 bridgehead atoms. The molecule has 0 aliphatic carbocycles. The SMILES string of the molecule is COc1ccc2c(c1)C1(SCCN1C(=O)NCc1cccc(C)c1)C(=O)N2Cc1ccc(F)c(F)c1. The van der Waals surface area contributed by atoms with Crippen molar-refractivity contribution in [3.63, 3.8) is 0 Å². The van der Waals surface area contributed by atoms with Crippen LogP contribution in [0.1, 0.15) is 22.3 Å². The number of anilines is 1. The van der Waals surface area contributed by atoms with Crippen molar-refractivity contribution >= 4 is 29.4 Å². The molecular weight excluding hydrogens is 484 g/mol. The molecule has 2 aliphatic rings. The second-order valence-corrected chi connectivity index (χ2v) is 10.1. The fraction of sp³-hybridized carbons (Fsp3) is 0.259. The first-order valence-corrected chi connectivity index (χ1v) is 12.5. The van der Waals surface area contributed by atoms with Gasteiger partial charge in [0.15, 0.2) is 16.5 Å². The fourth-order valence-corrected chi connectivity index (χ4v) is 6.25. The summed E-state index contributed by atoms with van der Waals surface area (Å²) in [6.45, 7) is 2.73. The number of hydrogen-bond donors (Lipinski definition) is 1. The Kier molecular flexibility index (Phi) is 6.34. The van der Waals surface area contributed by atoms with Crippen LogP contribution in [0.15, 0.2) is 60.7 Å². The van der Waals surface area contributed by atoms with Crippen molar-refractivity contribution in [1.82, 2.24) is 10.2 Å². The van der Waals surface area contributed by atoms with Crippen LogP contribution in [0.3, 0.4) is 0 Å². The highest BCUT2D eigenvalue weighted by Gasteiger charge is 2.59. The molecule has 2 heterocycles. The zero-order chi connectivity index (χ0) is 25.4. The lowest BCUT2D eigenvalue weighted by Gasteiger charge is -2.33. The molecule has 2 aliphatic heterocycles. The predicted octanol–water partition coefficient (Wildman–Crippen LogP) is 4.94. The Morgan fingerprint density at radius 1 is 1.08 bits per heavy atom. The van der Waals surface area contributed by atoms with E-state index in [0.717, 1.165) is 23.3 Å². The van der Waals surface area contributed by atoms with Crippen LogP contribution in [-0.2, 0) is 22.8 Å². The Morgan fingerprint density at radius 2 is 1.92 bits per heavy atom. The van der Waals surface area contributed by atoms with Gasteiger partial charge in [0, 0.05) is 24.4 Å². The number of amides is 3. The summed E-state index contributed by atoms with van der Waals surface area (Å²) >= 11 is 1.39. The Balaban J connectivity index is 1.49. The van der Waals surface area contributed by atoms with Crippen molar-refractivity contribution in [3.05, 3.63) is 94.6 Å². The summed E-state index contributed by atoms with van der Waals surface area (Å²) in [7, 11) is 1.54. The number of ether oxygens (including phenoxy) is 1. The van der Waals surface area contributed by atoms with E-state index in [1.807, 2.05) is 31.2 Å². The smallest absolute Gasteiger partial charge is 0.319 e. The van der Waals surface area contributed by atoms with E-state index in [1.165, 1.54) is 22.7 Å². The third-order valence-corrected chi connectivity index (χ3v) is 7.92. The summed E-state index contributed by atoms with van der Waals surface area (Å²) in [6, 6.07) is 16.4. The standard InChI is InChI=1S/C27H25F2N3O3S/c1-17-4-3-5-18(12-17)15-30-26(34)32-10-11-36-27(32)21-14-20(35-2)7-9-24(21)31(25(27)33)16-19-6-8-22(28)23(29)13-19/h3-9,12-14H,10-11,15-16H2,1-2H3,(H,30,34). The van der Waals surface area contributed by atoms with E-state index < -0.39 is 16.5 Å². The van der Waals surface area contributed by atoms with E-state index in [1.54, 1.807) is 30.2 Å². The molecule has 1 unspecified atom stereocenters. The second-order valence-electron chi connectivity index (χ2n) is 8.81. The minimum absolute atomic E-state index is 0.0381. The number of aryl methyl sites for hydroxylation is 1. The lowest BCUT2D eigenvalue weighted by molar-refractivity contribution is -0.123. The number of benzene rings is 3. The topological polar surface area (TPSA) is 61.9 Å². The lowest BCUT2D eigenvalue weighted by Crippen LogP contribution is -2.53. The highest BCUT2D eigenvalue weighted by molar-refractivity contribution is 8.01. The van der Waals surface area contributed by atoms with Gasteiger partial charge in [-0.3, -0.25) is 9.69 Å². The van der Waals surface area contributed by atoms with Crippen LogP contribution in [0.4, 0.5) is 19.3 Å². The Hall–Kier alpha value is -3.59. The van der Waals surface area contributed by atoms with E-state index in [9.17, 15) is 18.4 Å². The first-order chi connectivity index (χ1) is 17.3. The molecule has 5 rings (SSSR count). The van der Waals surface area contributed by atoms with Gasteiger partial charge in [0.05, 0.1) is 19.3 Å². The highest BCUT2D eigenvalue weighted by Crippen LogP contribution is 2.55. The second kappa shape index (κ2) is 9.46. The van der Waals surface area contributed by atoms with E-state index in [2.05, 4.69) is 5.32 Å². The van der Waals surface area contributed by atoms with Gasteiger partial charge in [-0.2, -0.15) is 0 Å². The van der Waals surface area contributed by atoms with Gasteiger partial charge in [-0.15, -0.1) is 11.8 Å². The Labute approximate surface area is 212 Å². The molecule has 1 spiro atoms. The number of urea groups is 1. The van der Waals surface area contributed by atoms with Gasteiger partial charge in [-0.25, -0.2) is 13.6 Å². The number of nitrogens with zero attached hydrogens (tertiary/aromatic N) is 2. The monoisotopic (exact) mass is 509 g/mol. The molecule has 6 nitrogen and oxygen atoms in total. The van der Waals surface area contributed by atoms with Crippen LogP contribution in [0, 0.1) is 18.6 Å². The molecule has 1 fully saturated rings. The molecule has 1 saturated heterocycles. The lowest BCUT2D eigenvalue weighted by atomic mass is 10.1. The molecule has 1 N–H and O–H groups in total. The number of hydrogen-bond acceptors (Lipinski definition) is 4. The largest absolute Gasteiger partial charge is 0.497 e. The molecule has 0 saturated carbocycles. The molecule has 3 aromatic carbocycles. The fourth-order valence-electron chi connectivity index (χ4n) is 4.79. The molecule has 0 radical (unpaired) electrons. The number of methoxy groups -OCH3 is 1. The van der Waals surface area contributed by atoms with E-state index in [0.29, 0.717) is 41.4 Å². The van der Waals surface area contributed by atoms with Crippen LogP contribution in [-0.4, -0.2) is 36.2 Å². The molecular formula is C27H25F2N3O3S. The quantitative estimate of drug-likeness (QED) is 0.529. The van der Waals surface area contributed by atoms with Crippen molar-refractivity contribution < 1.29 is 23.1 Å². The maximum Gasteiger partial charge on any atom is 0.319 e. The van der Waals surface area contributed by atoms with Gasteiger partial charge in [0.25, 0.3) is 5.91 Å². The van der Waals surface area contributed by atoms with Crippen molar-refractivity contribution in [3.8, 4) is 5.75 Å². The number of carbonyl (C=O) groups excluding carboxylic acids is 2. The summed E-state index contributed by atoms with van der Waals surface area (Å²) in [5.41, 5.74) is 3.75. The minimum atomic E-state index is -1.28. The van der Waals surface area contributed by atoms with Crippen molar-refractivity contribution in [2.45, 2.75) is 24.9 Å². The molecule has 3 amide bonds. The third kappa shape index (κ3) is 4.07. The summed E-state index contributed by atoms with van der Waals surface area (Å²) in [5.74, 6) is -1.10. The highest BCUT2D eigenvalue weighted by atomic mass is 32.2. The minimum Gasteiger partial charge on any atom is -0.497 e. The van der Waals surface area contributed by atoms with E-state index >= 15 is 0 Å². The predicted molar refractivity (Wildman–Crippen MR) is 135 cm³/mol. The van der Waals surface area contributed by atoms with Crippen LogP contribution in [0.5, 0.6) is 5.75 Å².